The first-order valence-corrected chi connectivity index (χ1v) is 7.19. The summed E-state index contributed by atoms with van der Waals surface area (Å²) in [5.41, 5.74) is -1.15. The first kappa shape index (κ1) is 12.9. The Hall–Kier alpha value is -0.550. The quantitative estimate of drug-likeness (QED) is 0.794. The zero-order valence-electron chi connectivity index (χ0n) is 11.2. The fourth-order valence-electron chi connectivity index (χ4n) is 4.09. The summed E-state index contributed by atoms with van der Waals surface area (Å²) >= 11 is 0. The monoisotopic (exact) mass is 235 g/mol. The summed E-state index contributed by atoms with van der Waals surface area (Å²) in [6.45, 7) is 4.42. The molecule has 0 aromatic heterocycles. The maximum absolute atomic E-state index is 11.0. The molecule has 96 valence electrons. The molecule has 1 N–H and O–H groups in total. The van der Waals surface area contributed by atoms with Gasteiger partial charge in [0.15, 0.2) is 0 Å². The zero-order chi connectivity index (χ0) is 12.5. The van der Waals surface area contributed by atoms with Gasteiger partial charge in [-0.15, -0.1) is 0 Å². The SMILES string of the molecule is CCC1CCC(O)(C2(C#N)CCCC(C)C2)C1. The topological polar surface area (TPSA) is 44.0 Å². The molecule has 0 heterocycles. The second-order valence-corrected chi connectivity index (χ2v) is 6.44. The summed E-state index contributed by atoms with van der Waals surface area (Å²) in [6.07, 6.45) is 8.06. The first-order valence-electron chi connectivity index (χ1n) is 7.19. The van der Waals surface area contributed by atoms with Gasteiger partial charge in [-0.05, 0) is 43.9 Å². The standard InChI is InChI=1S/C15H25NO/c1-3-13-6-8-15(17,10-13)14(11-16)7-4-5-12(2)9-14/h12-13,17H,3-10H2,1-2H3. The van der Waals surface area contributed by atoms with Gasteiger partial charge >= 0.3 is 0 Å². The molecule has 0 spiro atoms. The van der Waals surface area contributed by atoms with Crippen molar-refractivity contribution in [1.29, 1.82) is 5.26 Å². The van der Waals surface area contributed by atoms with Crippen molar-refractivity contribution in [3.05, 3.63) is 0 Å². The average molecular weight is 235 g/mol. The lowest BCUT2D eigenvalue weighted by Gasteiger charge is -2.45. The van der Waals surface area contributed by atoms with Crippen molar-refractivity contribution in [2.45, 2.75) is 70.8 Å². The van der Waals surface area contributed by atoms with Crippen molar-refractivity contribution in [3.63, 3.8) is 0 Å². The Balaban J connectivity index is 2.20. The van der Waals surface area contributed by atoms with Gasteiger partial charge in [0.05, 0.1) is 17.1 Å². The van der Waals surface area contributed by atoms with E-state index in [-0.39, 0.29) is 0 Å². The van der Waals surface area contributed by atoms with Gasteiger partial charge in [0.25, 0.3) is 0 Å². The van der Waals surface area contributed by atoms with Crippen LogP contribution in [0.25, 0.3) is 0 Å². The van der Waals surface area contributed by atoms with E-state index in [4.69, 9.17) is 0 Å². The summed E-state index contributed by atoms with van der Waals surface area (Å²) in [6, 6.07) is 2.52. The van der Waals surface area contributed by atoms with Crippen molar-refractivity contribution >= 4 is 0 Å². The van der Waals surface area contributed by atoms with Crippen molar-refractivity contribution in [2.75, 3.05) is 0 Å². The summed E-state index contributed by atoms with van der Waals surface area (Å²) in [4.78, 5) is 0. The van der Waals surface area contributed by atoms with E-state index in [1.807, 2.05) is 0 Å². The molecule has 0 aliphatic heterocycles. The van der Waals surface area contributed by atoms with E-state index in [2.05, 4.69) is 19.9 Å². The molecule has 4 atom stereocenters. The second kappa shape index (κ2) is 4.61. The minimum atomic E-state index is -0.697. The molecule has 2 nitrogen and oxygen atoms in total. The average Bonchev–Trinajstić information content (AvgIpc) is 2.72. The second-order valence-electron chi connectivity index (χ2n) is 6.44. The highest BCUT2D eigenvalue weighted by Crippen LogP contribution is 2.54. The highest BCUT2D eigenvalue weighted by Gasteiger charge is 2.55. The molecule has 2 heteroatoms. The van der Waals surface area contributed by atoms with E-state index < -0.39 is 11.0 Å². The Morgan fingerprint density at radius 2 is 2.06 bits per heavy atom. The van der Waals surface area contributed by atoms with Crippen LogP contribution in [0.2, 0.25) is 0 Å². The maximum atomic E-state index is 11.0. The van der Waals surface area contributed by atoms with Crippen LogP contribution in [0.4, 0.5) is 0 Å². The van der Waals surface area contributed by atoms with E-state index in [9.17, 15) is 10.4 Å². The van der Waals surface area contributed by atoms with E-state index in [0.717, 1.165) is 44.9 Å². The molecular weight excluding hydrogens is 210 g/mol. The van der Waals surface area contributed by atoms with Gasteiger partial charge in [0, 0.05) is 0 Å². The van der Waals surface area contributed by atoms with Gasteiger partial charge in [-0.1, -0.05) is 33.1 Å². The number of rotatable bonds is 2. The Kier molecular flexibility index (Phi) is 3.50. The van der Waals surface area contributed by atoms with Crippen LogP contribution in [-0.2, 0) is 0 Å². The molecule has 0 amide bonds. The number of nitriles is 1. The highest BCUT2D eigenvalue weighted by molar-refractivity contribution is 5.15. The van der Waals surface area contributed by atoms with Gasteiger partial charge in [0.2, 0.25) is 0 Å². The van der Waals surface area contributed by atoms with E-state index in [1.54, 1.807) is 0 Å². The van der Waals surface area contributed by atoms with E-state index in [1.165, 1.54) is 6.42 Å². The minimum absolute atomic E-state index is 0.450. The van der Waals surface area contributed by atoms with E-state index >= 15 is 0 Å². The maximum Gasteiger partial charge on any atom is 0.0862 e. The fraction of sp³-hybridized carbons (Fsp3) is 0.933. The van der Waals surface area contributed by atoms with Gasteiger partial charge in [0.1, 0.15) is 0 Å². The largest absolute Gasteiger partial charge is 0.388 e. The number of hydrogen-bond acceptors (Lipinski definition) is 2. The van der Waals surface area contributed by atoms with Crippen LogP contribution >= 0.6 is 0 Å². The predicted octanol–water partition coefficient (Wildman–Crippen LogP) is 3.65. The van der Waals surface area contributed by atoms with Gasteiger partial charge in [-0.2, -0.15) is 5.26 Å². The third-order valence-electron chi connectivity index (χ3n) is 5.27. The van der Waals surface area contributed by atoms with Gasteiger partial charge < -0.3 is 5.11 Å². The van der Waals surface area contributed by atoms with Crippen LogP contribution < -0.4 is 0 Å². The fourth-order valence-corrected chi connectivity index (χ4v) is 4.09. The zero-order valence-corrected chi connectivity index (χ0v) is 11.2. The van der Waals surface area contributed by atoms with Crippen molar-refractivity contribution in [2.24, 2.45) is 17.3 Å². The molecule has 2 fully saturated rings. The van der Waals surface area contributed by atoms with Crippen LogP contribution in [0.1, 0.15) is 65.2 Å². The van der Waals surface area contributed by atoms with Crippen LogP contribution in [0.5, 0.6) is 0 Å². The molecule has 4 unspecified atom stereocenters. The molecule has 2 aliphatic rings. The molecule has 2 rings (SSSR count). The summed E-state index contributed by atoms with van der Waals surface area (Å²) in [5, 5.41) is 20.6. The van der Waals surface area contributed by atoms with Crippen LogP contribution in [0, 0.1) is 28.6 Å². The normalized spacial score (nSPS) is 46.7. The van der Waals surface area contributed by atoms with Crippen LogP contribution in [0.3, 0.4) is 0 Å². The molecule has 0 aromatic carbocycles. The predicted molar refractivity (Wildman–Crippen MR) is 68.3 cm³/mol. The smallest absolute Gasteiger partial charge is 0.0862 e. The number of hydrogen-bond donors (Lipinski definition) is 1. The van der Waals surface area contributed by atoms with E-state index in [0.29, 0.717) is 11.8 Å². The molecule has 0 radical (unpaired) electrons. The summed E-state index contributed by atoms with van der Waals surface area (Å²) in [7, 11) is 0. The molecule has 2 saturated carbocycles. The van der Waals surface area contributed by atoms with Crippen LogP contribution in [-0.4, -0.2) is 10.7 Å². The highest BCUT2D eigenvalue weighted by atomic mass is 16.3. The Morgan fingerprint density at radius 1 is 1.29 bits per heavy atom. The third-order valence-corrected chi connectivity index (χ3v) is 5.27. The molecule has 0 aromatic rings. The lowest BCUT2D eigenvalue weighted by Crippen LogP contribution is -2.48. The number of nitrogens with zero attached hydrogens (tertiary/aromatic N) is 1. The van der Waals surface area contributed by atoms with Crippen LogP contribution in [0.15, 0.2) is 0 Å². The van der Waals surface area contributed by atoms with Gasteiger partial charge in [-0.3, -0.25) is 0 Å². The van der Waals surface area contributed by atoms with Crippen molar-refractivity contribution in [3.8, 4) is 6.07 Å². The molecule has 2 aliphatic carbocycles. The lowest BCUT2D eigenvalue weighted by molar-refractivity contribution is -0.0777. The Bertz CT molecular complexity index is 321. The summed E-state index contributed by atoms with van der Waals surface area (Å²) in [5.74, 6) is 1.22. The van der Waals surface area contributed by atoms with Gasteiger partial charge in [-0.25, -0.2) is 0 Å². The van der Waals surface area contributed by atoms with Crippen molar-refractivity contribution in [1.82, 2.24) is 0 Å². The Morgan fingerprint density at radius 3 is 2.59 bits per heavy atom. The minimum Gasteiger partial charge on any atom is -0.388 e. The molecule has 17 heavy (non-hydrogen) atoms. The lowest BCUT2D eigenvalue weighted by atomic mass is 9.61. The summed E-state index contributed by atoms with van der Waals surface area (Å²) < 4.78 is 0. The molecular formula is C15H25NO. The molecule has 0 bridgehead atoms. The molecule has 0 saturated heterocycles. The first-order chi connectivity index (χ1) is 8.05. The Labute approximate surface area is 105 Å². The van der Waals surface area contributed by atoms with Crippen molar-refractivity contribution < 1.29 is 5.11 Å². The number of aliphatic hydroxyl groups is 1. The third kappa shape index (κ3) is 2.10.